The molecule has 1 aliphatic heterocycles. The number of primary sulfonamides is 1. The van der Waals surface area contributed by atoms with E-state index in [1.807, 2.05) is 0 Å². The first-order valence-electron chi connectivity index (χ1n) is 10.6. The standard InChI is InChI=1S/C23H29N3O3S/c24-30(28,29)21-9-3-5-17(13-21)14-25-23(27)20-11-12-26(16-20)15-19-8-4-7-18-6-1-2-10-22(18)19/h1-3,5-6,9-10,13,19-20H,4,7-8,11-12,14-16H2,(H,25,27)(H2,24,28,29)/t19-,20-/m1/s1. The zero-order chi connectivity index (χ0) is 21.1. The lowest BCUT2D eigenvalue weighted by Gasteiger charge is -2.29. The molecule has 0 radical (unpaired) electrons. The number of fused-ring (bicyclic) bond motifs is 1. The molecule has 0 unspecified atom stereocenters. The minimum Gasteiger partial charge on any atom is -0.352 e. The van der Waals surface area contributed by atoms with Crippen LogP contribution in [0, 0.1) is 5.92 Å². The van der Waals surface area contributed by atoms with Crippen LogP contribution in [-0.2, 0) is 27.8 Å². The molecule has 0 bridgehead atoms. The Morgan fingerprint density at radius 2 is 1.97 bits per heavy atom. The fourth-order valence-corrected chi connectivity index (χ4v) is 5.32. The average molecular weight is 428 g/mol. The van der Waals surface area contributed by atoms with Gasteiger partial charge < -0.3 is 10.2 Å². The molecule has 1 aliphatic carbocycles. The van der Waals surface area contributed by atoms with Gasteiger partial charge in [-0.1, -0.05) is 36.4 Å². The van der Waals surface area contributed by atoms with Gasteiger partial charge in [0.1, 0.15) is 0 Å². The van der Waals surface area contributed by atoms with E-state index in [-0.39, 0.29) is 16.7 Å². The smallest absolute Gasteiger partial charge is 0.238 e. The lowest BCUT2D eigenvalue weighted by Crippen LogP contribution is -2.34. The van der Waals surface area contributed by atoms with Gasteiger partial charge in [-0.05, 0) is 67.0 Å². The summed E-state index contributed by atoms with van der Waals surface area (Å²) in [6, 6.07) is 15.1. The van der Waals surface area contributed by atoms with Gasteiger partial charge in [0.05, 0.1) is 10.8 Å². The van der Waals surface area contributed by atoms with E-state index < -0.39 is 10.0 Å². The third-order valence-corrected chi connectivity index (χ3v) is 7.22. The number of rotatable bonds is 6. The summed E-state index contributed by atoms with van der Waals surface area (Å²) in [7, 11) is -3.74. The first-order chi connectivity index (χ1) is 14.4. The third kappa shape index (κ3) is 4.91. The maximum absolute atomic E-state index is 12.7. The largest absolute Gasteiger partial charge is 0.352 e. The van der Waals surface area contributed by atoms with E-state index in [0.29, 0.717) is 12.5 Å². The molecule has 1 saturated heterocycles. The molecule has 4 rings (SSSR count). The molecule has 30 heavy (non-hydrogen) atoms. The lowest BCUT2D eigenvalue weighted by molar-refractivity contribution is -0.124. The fourth-order valence-electron chi connectivity index (χ4n) is 4.73. The van der Waals surface area contributed by atoms with E-state index >= 15 is 0 Å². The van der Waals surface area contributed by atoms with Gasteiger partial charge in [0.2, 0.25) is 15.9 Å². The Morgan fingerprint density at radius 3 is 2.80 bits per heavy atom. The Balaban J connectivity index is 1.30. The van der Waals surface area contributed by atoms with Gasteiger partial charge in [0.15, 0.2) is 0 Å². The third-order valence-electron chi connectivity index (χ3n) is 6.31. The fraction of sp³-hybridized carbons (Fsp3) is 0.435. The van der Waals surface area contributed by atoms with Crippen LogP contribution in [-0.4, -0.2) is 38.9 Å². The van der Waals surface area contributed by atoms with Gasteiger partial charge in [-0.25, -0.2) is 13.6 Å². The van der Waals surface area contributed by atoms with E-state index in [2.05, 4.69) is 34.5 Å². The van der Waals surface area contributed by atoms with Gasteiger partial charge in [-0.3, -0.25) is 4.79 Å². The molecule has 2 aromatic rings. The lowest BCUT2D eigenvalue weighted by atomic mass is 9.82. The number of amides is 1. The highest BCUT2D eigenvalue weighted by Crippen LogP contribution is 2.33. The van der Waals surface area contributed by atoms with Crippen molar-refractivity contribution < 1.29 is 13.2 Å². The number of nitrogens with zero attached hydrogens (tertiary/aromatic N) is 1. The molecule has 2 atom stereocenters. The molecule has 2 aliphatic rings. The summed E-state index contributed by atoms with van der Waals surface area (Å²) in [5.41, 5.74) is 3.68. The molecule has 2 aromatic carbocycles. The van der Waals surface area contributed by atoms with Crippen molar-refractivity contribution in [1.82, 2.24) is 10.2 Å². The quantitative estimate of drug-likeness (QED) is 0.740. The van der Waals surface area contributed by atoms with Crippen LogP contribution in [0.2, 0.25) is 0 Å². The number of hydrogen-bond acceptors (Lipinski definition) is 4. The molecular formula is C23H29N3O3S. The van der Waals surface area contributed by atoms with Crippen molar-refractivity contribution in [3.63, 3.8) is 0 Å². The molecule has 6 nitrogen and oxygen atoms in total. The summed E-state index contributed by atoms with van der Waals surface area (Å²) in [4.78, 5) is 15.1. The number of sulfonamides is 1. The minimum absolute atomic E-state index is 0.0229. The summed E-state index contributed by atoms with van der Waals surface area (Å²) in [5.74, 6) is 0.561. The molecule has 3 N–H and O–H groups in total. The minimum atomic E-state index is -3.74. The normalized spacial score (nSPS) is 21.9. The highest BCUT2D eigenvalue weighted by atomic mass is 32.2. The van der Waals surface area contributed by atoms with Gasteiger partial charge in [0.25, 0.3) is 0 Å². The van der Waals surface area contributed by atoms with Crippen LogP contribution in [0.4, 0.5) is 0 Å². The maximum Gasteiger partial charge on any atom is 0.238 e. The molecule has 0 saturated carbocycles. The second-order valence-electron chi connectivity index (χ2n) is 8.44. The van der Waals surface area contributed by atoms with E-state index in [4.69, 9.17) is 5.14 Å². The van der Waals surface area contributed by atoms with Crippen molar-refractivity contribution in [2.45, 2.75) is 43.0 Å². The van der Waals surface area contributed by atoms with Crippen LogP contribution in [0.5, 0.6) is 0 Å². The Kier molecular flexibility index (Phi) is 6.22. The van der Waals surface area contributed by atoms with Crippen LogP contribution in [0.15, 0.2) is 53.4 Å². The molecule has 0 aromatic heterocycles. The number of aryl methyl sites for hydroxylation is 1. The van der Waals surface area contributed by atoms with Crippen molar-refractivity contribution in [2.24, 2.45) is 11.1 Å². The van der Waals surface area contributed by atoms with Gasteiger partial charge in [-0.15, -0.1) is 0 Å². The van der Waals surface area contributed by atoms with Crippen LogP contribution in [0.1, 0.15) is 41.9 Å². The monoisotopic (exact) mass is 427 g/mol. The van der Waals surface area contributed by atoms with Crippen molar-refractivity contribution in [1.29, 1.82) is 0 Å². The van der Waals surface area contributed by atoms with Gasteiger partial charge >= 0.3 is 0 Å². The molecule has 0 spiro atoms. The second kappa shape index (κ2) is 8.88. The average Bonchev–Trinajstić information content (AvgIpc) is 3.21. The van der Waals surface area contributed by atoms with Crippen LogP contribution >= 0.6 is 0 Å². The number of benzene rings is 2. The van der Waals surface area contributed by atoms with Crippen LogP contribution in [0.3, 0.4) is 0 Å². The summed E-state index contributed by atoms with van der Waals surface area (Å²) in [5, 5.41) is 8.14. The SMILES string of the molecule is NS(=O)(=O)c1cccc(CNC(=O)[C@@H]2CCN(C[C@H]3CCCc4ccccc43)C2)c1. The zero-order valence-corrected chi connectivity index (χ0v) is 17.9. The highest BCUT2D eigenvalue weighted by Gasteiger charge is 2.30. The number of likely N-dealkylation sites (tertiary alicyclic amines) is 1. The summed E-state index contributed by atoms with van der Waals surface area (Å²) in [6.07, 6.45) is 4.48. The number of nitrogens with two attached hydrogens (primary N) is 1. The highest BCUT2D eigenvalue weighted by molar-refractivity contribution is 7.89. The Morgan fingerprint density at radius 1 is 1.13 bits per heavy atom. The molecule has 160 valence electrons. The van der Waals surface area contributed by atoms with Crippen LogP contribution in [0.25, 0.3) is 0 Å². The predicted octanol–water partition coefficient (Wildman–Crippen LogP) is 2.39. The summed E-state index contributed by atoms with van der Waals surface area (Å²) < 4.78 is 23.0. The number of nitrogens with one attached hydrogen (secondary N) is 1. The number of hydrogen-bond donors (Lipinski definition) is 2. The van der Waals surface area contributed by atoms with E-state index in [9.17, 15) is 13.2 Å². The second-order valence-corrected chi connectivity index (χ2v) is 10.0. The Hall–Kier alpha value is -2.22. The number of carbonyl (C=O) groups is 1. The maximum atomic E-state index is 12.7. The molecule has 7 heteroatoms. The van der Waals surface area contributed by atoms with E-state index in [0.717, 1.165) is 31.6 Å². The first kappa shape index (κ1) is 21.0. The summed E-state index contributed by atoms with van der Waals surface area (Å²) in [6.45, 7) is 3.03. The van der Waals surface area contributed by atoms with Crippen molar-refractivity contribution >= 4 is 15.9 Å². The first-order valence-corrected chi connectivity index (χ1v) is 12.1. The zero-order valence-electron chi connectivity index (χ0n) is 17.1. The predicted molar refractivity (Wildman–Crippen MR) is 116 cm³/mol. The van der Waals surface area contributed by atoms with E-state index in [1.165, 1.54) is 42.5 Å². The Bertz CT molecular complexity index is 1020. The Labute approximate surface area is 178 Å². The number of carbonyl (C=O) groups excluding carboxylic acids is 1. The van der Waals surface area contributed by atoms with Crippen molar-refractivity contribution in [3.05, 3.63) is 65.2 Å². The van der Waals surface area contributed by atoms with Crippen molar-refractivity contribution in [2.75, 3.05) is 19.6 Å². The molecular weight excluding hydrogens is 398 g/mol. The molecule has 1 amide bonds. The van der Waals surface area contributed by atoms with Crippen LogP contribution < -0.4 is 10.5 Å². The molecule has 1 fully saturated rings. The topological polar surface area (TPSA) is 92.5 Å². The van der Waals surface area contributed by atoms with Crippen molar-refractivity contribution in [3.8, 4) is 0 Å². The van der Waals surface area contributed by atoms with E-state index in [1.54, 1.807) is 12.1 Å². The summed E-state index contributed by atoms with van der Waals surface area (Å²) >= 11 is 0. The van der Waals surface area contributed by atoms with Gasteiger partial charge in [-0.2, -0.15) is 0 Å². The molecule has 1 heterocycles. The van der Waals surface area contributed by atoms with Gasteiger partial charge in [0, 0.05) is 19.6 Å².